The second kappa shape index (κ2) is 25.6. The maximum absolute atomic E-state index is 15.1. The molecule has 4 aromatic rings. The van der Waals surface area contributed by atoms with Crippen LogP contribution in [0.4, 0.5) is 22.1 Å². The number of aromatic nitrogens is 4. The van der Waals surface area contributed by atoms with Crippen LogP contribution in [0.5, 0.6) is 5.88 Å². The lowest BCUT2D eigenvalue weighted by Gasteiger charge is -2.47. The summed E-state index contributed by atoms with van der Waals surface area (Å²) >= 11 is 0. The minimum Gasteiger partial charge on any atom is -0.394 e. The summed E-state index contributed by atoms with van der Waals surface area (Å²) in [7, 11) is -7.83. The van der Waals surface area contributed by atoms with Crippen LogP contribution < -0.4 is 19.5 Å². The zero-order valence-corrected chi connectivity index (χ0v) is 49.4. The summed E-state index contributed by atoms with van der Waals surface area (Å²) in [6.45, 7) is 39.1. The van der Waals surface area contributed by atoms with Gasteiger partial charge in [-0.3, -0.25) is 14.5 Å². The Labute approximate surface area is 424 Å². The van der Waals surface area contributed by atoms with E-state index in [1.165, 1.54) is 11.2 Å². The van der Waals surface area contributed by atoms with E-state index in [1.54, 1.807) is 4.57 Å². The van der Waals surface area contributed by atoms with Gasteiger partial charge < -0.3 is 19.6 Å². The number of ether oxygens (including phenoxy) is 2. The molecule has 1 aliphatic heterocycles. The molecule has 0 unspecified atom stereocenters. The van der Waals surface area contributed by atoms with Crippen molar-refractivity contribution in [2.75, 3.05) is 23.4 Å². The quantitative estimate of drug-likeness (QED) is 0.0181. The first-order valence-corrected chi connectivity index (χ1v) is 35.5. The first kappa shape index (κ1) is 57.6. The Morgan fingerprint density at radius 1 is 0.743 bits per heavy atom. The Kier molecular flexibility index (Phi) is 21.0. The van der Waals surface area contributed by atoms with Crippen LogP contribution in [0.15, 0.2) is 67.0 Å². The van der Waals surface area contributed by atoms with Gasteiger partial charge in [0.2, 0.25) is 21.9 Å². The summed E-state index contributed by atoms with van der Waals surface area (Å²) in [5.74, 6) is 0.424. The average Bonchev–Trinajstić information content (AvgIpc) is 3.92. The van der Waals surface area contributed by atoms with Crippen molar-refractivity contribution in [1.82, 2.24) is 15.0 Å². The third kappa shape index (κ3) is 12.2. The predicted octanol–water partition coefficient (Wildman–Crippen LogP) is 13.0. The van der Waals surface area contributed by atoms with E-state index in [9.17, 15) is 5.11 Å². The molecule has 3 heterocycles. The van der Waals surface area contributed by atoms with Crippen LogP contribution in [-0.2, 0) is 23.7 Å². The molecule has 0 aliphatic carbocycles. The lowest BCUT2D eigenvalue weighted by Crippen LogP contribution is -2.63. The number of aromatic amines is 1. The van der Waals surface area contributed by atoms with Gasteiger partial charge in [0.15, 0.2) is 17.7 Å². The number of para-hydroxylation sites is 2. The monoisotopic (exact) mass is 1040 g/mol. The molecule has 5 rings (SSSR count). The van der Waals surface area contributed by atoms with Gasteiger partial charge in [-0.2, -0.15) is 4.57 Å². The van der Waals surface area contributed by atoms with E-state index in [2.05, 4.69) is 133 Å². The number of anilines is 3. The van der Waals surface area contributed by atoms with Gasteiger partial charge in [0.25, 0.3) is 11.5 Å². The number of carbonyl (C=O) groups excluding carboxylic acids is 1. The average molecular weight is 1040 g/mol. The summed E-state index contributed by atoms with van der Waals surface area (Å²) in [6.07, 6.45) is -0.387. The number of hydrogen-bond donors (Lipinski definition) is 3. The SMILES string of the molecule is CCCCCNc1nc2nc[nH]c2c(OC(=O)N(c2ccccc2)c2ccccc2)[n+]1[C@@H]1O[C@H](CO)[C@@H](OO[Si](C(C)C)(C(C)C)[Si](C(C)C)C(C)C)[C@@H]1OO[Si](C(C)C)(C(C)C)[Si](C(C)C)C(C)C. The maximum atomic E-state index is 15.1. The fourth-order valence-electron chi connectivity index (χ4n) is 11.4. The number of carbonyl (C=O) groups is 1. The van der Waals surface area contributed by atoms with Crippen LogP contribution >= 0.6 is 0 Å². The van der Waals surface area contributed by atoms with Gasteiger partial charge in [-0.15, -0.1) is 0 Å². The lowest BCUT2D eigenvalue weighted by molar-refractivity contribution is -0.760. The largest absolute Gasteiger partial charge is 0.426 e. The molecule has 70 heavy (non-hydrogen) atoms. The molecule has 1 fully saturated rings. The van der Waals surface area contributed by atoms with Crippen molar-refractivity contribution in [2.45, 2.75) is 206 Å². The van der Waals surface area contributed by atoms with Gasteiger partial charge in [-0.05, 0) is 57.8 Å². The molecule has 2 aromatic carbocycles. The number of benzene rings is 2. The van der Waals surface area contributed by atoms with Crippen molar-refractivity contribution < 1.29 is 42.9 Å². The van der Waals surface area contributed by atoms with E-state index in [0.717, 1.165) is 19.3 Å². The number of aliphatic hydroxyl groups excluding tert-OH is 1. The van der Waals surface area contributed by atoms with E-state index >= 15 is 4.79 Å². The fourth-order valence-corrected chi connectivity index (χ4v) is 44.2. The lowest BCUT2D eigenvalue weighted by atomic mass is 10.1. The third-order valence-corrected chi connectivity index (χ3v) is 48.2. The number of fused-ring (bicyclic) bond motifs is 1. The highest BCUT2D eigenvalue weighted by Gasteiger charge is 2.60. The van der Waals surface area contributed by atoms with E-state index in [4.69, 9.17) is 33.4 Å². The molecule has 14 nitrogen and oxygen atoms in total. The smallest absolute Gasteiger partial charge is 0.394 e. The molecule has 2 radical (unpaired) electrons. The second-order valence-corrected chi connectivity index (χ2v) is 44.2. The molecular weight excluding hydrogens is 949 g/mol. The van der Waals surface area contributed by atoms with Gasteiger partial charge in [-0.1, -0.05) is 189 Å². The Bertz CT molecular complexity index is 2150. The standard InChI is InChI=1S/C52H86N6O8Si4/c1-18-19-26-31-53-51-56-48-45(54-33-55-48)49(62-52(60)57(42-27-22-20-23-28-42)43-29-24-21-25-30-43)58(51)50-47(64-66-70(40(14)15,41(16)17)68(36(6)7)37(8)9)46(44(32-59)61-50)63-65-69(38(10)11,39(12)13)67(34(2)3)35(4)5/h20-25,27-30,33-41,44,46-47,50,59H,18-19,26,31-32H2,1-17H3,(H,53,54,55,56)/p+1/t44-,46-,47+,50-/m1/s1. The van der Waals surface area contributed by atoms with Crippen molar-refractivity contribution in [1.29, 1.82) is 0 Å². The van der Waals surface area contributed by atoms with Gasteiger partial charge in [-0.25, -0.2) is 24.5 Å². The van der Waals surface area contributed by atoms with Crippen LogP contribution in [0.1, 0.15) is 143 Å². The number of H-pyrrole nitrogens is 1. The first-order valence-electron chi connectivity index (χ1n) is 26.0. The van der Waals surface area contributed by atoms with E-state index < -0.39 is 69.5 Å². The van der Waals surface area contributed by atoms with Crippen molar-refractivity contribution in [3.63, 3.8) is 0 Å². The normalized spacial score (nSPS) is 18.2. The zero-order valence-electron chi connectivity index (χ0n) is 45.4. The van der Waals surface area contributed by atoms with Gasteiger partial charge in [0.1, 0.15) is 6.10 Å². The van der Waals surface area contributed by atoms with Crippen LogP contribution in [-0.4, -0.2) is 89.9 Å². The number of unbranched alkanes of at least 4 members (excludes halogenated alkanes) is 2. The summed E-state index contributed by atoms with van der Waals surface area (Å²) < 4.78 is 30.1. The highest BCUT2D eigenvalue weighted by molar-refractivity contribution is 7.32. The molecular formula is C52H87N6O8Si4+. The highest BCUT2D eigenvalue weighted by atomic mass is 29.2. The summed E-state index contributed by atoms with van der Waals surface area (Å²) in [6, 6.07) is 18.8. The minimum absolute atomic E-state index is 0.0859. The van der Waals surface area contributed by atoms with Crippen LogP contribution in [0.2, 0.25) is 44.3 Å². The molecule has 3 N–H and O–H groups in total. The van der Waals surface area contributed by atoms with Gasteiger partial charge >= 0.3 is 12.0 Å². The number of imidazole rings is 1. The molecule has 18 heteroatoms. The van der Waals surface area contributed by atoms with Crippen molar-refractivity contribution in [2.24, 2.45) is 0 Å². The molecule has 0 saturated carbocycles. The number of amides is 1. The topological polar surface area (TPSA) is 153 Å². The molecule has 388 valence electrons. The van der Waals surface area contributed by atoms with E-state index in [-0.39, 0.29) is 28.0 Å². The number of nitrogens with zero attached hydrogens (tertiary/aromatic N) is 4. The predicted molar refractivity (Wildman–Crippen MR) is 290 cm³/mol. The Morgan fingerprint density at radius 3 is 1.64 bits per heavy atom. The number of rotatable bonds is 26. The van der Waals surface area contributed by atoms with Crippen molar-refractivity contribution in [3.05, 3.63) is 67.0 Å². The van der Waals surface area contributed by atoms with Crippen molar-refractivity contribution in [3.8, 4) is 5.88 Å². The van der Waals surface area contributed by atoms with Gasteiger partial charge in [0, 0.05) is 0 Å². The molecule has 1 saturated heterocycles. The molecule has 1 aliphatic rings. The third-order valence-electron chi connectivity index (χ3n) is 14.1. The van der Waals surface area contributed by atoms with Crippen molar-refractivity contribution >= 4 is 66.9 Å². The van der Waals surface area contributed by atoms with Crippen LogP contribution in [0.3, 0.4) is 0 Å². The molecule has 0 spiro atoms. The second-order valence-electron chi connectivity index (χ2n) is 21.5. The maximum Gasteiger partial charge on any atom is 0.426 e. The Morgan fingerprint density at radius 2 is 1.21 bits per heavy atom. The molecule has 1 amide bonds. The highest BCUT2D eigenvalue weighted by Crippen LogP contribution is 2.47. The number of nitrogens with one attached hydrogen (secondary N) is 2. The number of aliphatic hydroxyl groups is 1. The van der Waals surface area contributed by atoms with Gasteiger partial charge in [0.05, 0.1) is 47.5 Å². The summed E-state index contributed by atoms with van der Waals surface area (Å²) in [5.41, 5.74) is 4.41. The van der Waals surface area contributed by atoms with Crippen LogP contribution in [0, 0.1) is 0 Å². The molecule has 2 aromatic heterocycles. The zero-order chi connectivity index (χ0) is 51.7. The van der Waals surface area contributed by atoms with E-state index in [0.29, 0.717) is 57.2 Å². The fraction of sp³-hybridized carbons (Fsp3) is 0.654. The summed E-state index contributed by atoms with van der Waals surface area (Å²) in [4.78, 5) is 43.7. The Hall–Kier alpha value is -3.31. The van der Waals surface area contributed by atoms with E-state index in [1.807, 2.05) is 60.7 Å². The van der Waals surface area contributed by atoms with Crippen LogP contribution in [0.25, 0.3) is 11.2 Å². The first-order chi connectivity index (χ1) is 33.2. The number of hydrogen-bond acceptors (Lipinski definition) is 11. The molecule has 4 atom stereocenters. The Balaban J connectivity index is 1.79. The molecule has 0 bridgehead atoms. The summed E-state index contributed by atoms with van der Waals surface area (Å²) in [5, 5.41) is 15.0. The minimum atomic E-state index is -2.78.